The number of nitrogens with zero attached hydrogens (tertiary/aromatic N) is 3. The van der Waals surface area contributed by atoms with Gasteiger partial charge in [-0.3, -0.25) is 14.7 Å². The van der Waals surface area contributed by atoms with E-state index in [0.29, 0.717) is 12.3 Å². The van der Waals surface area contributed by atoms with Gasteiger partial charge in [-0.2, -0.15) is 0 Å². The van der Waals surface area contributed by atoms with E-state index in [9.17, 15) is 4.79 Å². The number of aromatic amines is 1. The van der Waals surface area contributed by atoms with Gasteiger partial charge in [0, 0.05) is 62.1 Å². The molecule has 1 N–H and O–H groups in total. The molecule has 6 heteroatoms. The number of carbonyl (C=O) groups excluding carboxylic acids is 1. The minimum atomic E-state index is 0.0604. The number of ether oxygens (including phenoxy) is 1. The van der Waals surface area contributed by atoms with Crippen molar-refractivity contribution in [3.05, 3.63) is 60.0 Å². The molecular formula is C21H24N4O2. The lowest BCUT2D eigenvalue weighted by Crippen LogP contribution is -2.48. The summed E-state index contributed by atoms with van der Waals surface area (Å²) in [5.41, 5.74) is 2.77. The molecule has 27 heavy (non-hydrogen) atoms. The van der Waals surface area contributed by atoms with Crippen LogP contribution in [-0.4, -0.2) is 58.5 Å². The molecule has 1 aliphatic rings. The molecule has 1 aliphatic heterocycles. The zero-order chi connectivity index (χ0) is 18.6. The van der Waals surface area contributed by atoms with E-state index in [1.165, 1.54) is 5.56 Å². The number of hydrogen-bond donors (Lipinski definition) is 1. The maximum absolute atomic E-state index is 12.9. The van der Waals surface area contributed by atoms with Gasteiger partial charge in [0.1, 0.15) is 11.4 Å². The van der Waals surface area contributed by atoms with E-state index in [4.69, 9.17) is 4.74 Å². The van der Waals surface area contributed by atoms with Crippen LogP contribution in [0.3, 0.4) is 0 Å². The monoisotopic (exact) mass is 364 g/mol. The number of fused-ring (bicyclic) bond motifs is 1. The molecular weight excluding hydrogens is 340 g/mol. The van der Waals surface area contributed by atoms with Crippen LogP contribution in [0.2, 0.25) is 0 Å². The van der Waals surface area contributed by atoms with Crippen molar-refractivity contribution in [2.45, 2.75) is 13.5 Å². The SMILES string of the molecule is CCOc1ccc2cc(C(=O)N3CCN(Cc4cccnc4)CC3)[nH]c2c1. The number of benzene rings is 1. The second-order valence-electron chi connectivity index (χ2n) is 6.79. The highest BCUT2D eigenvalue weighted by atomic mass is 16.5. The highest BCUT2D eigenvalue weighted by Crippen LogP contribution is 2.22. The molecule has 0 atom stereocenters. The van der Waals surface area contributed by atoms with Crippen LogP contribution in [0.4, 0.5) is 0 Å². The lowest BCUT2D eigenvalue weighted by atomic mass is 10.2. The van der Waals surface area contributed by atoms with Crippen LogP contribution in [-0.2, 0) is 6.54 Å². The van der Waals surface area contributed by atoms with Crippen molar-refractivity contribution in [2.75, 3.05) is 32.8 Å². The van der Waals surface area contributed by atoms with Crippen molar-refractivity contribution in [3.8, 4) is 5.75 Å². The van der Waals surface area contributed by atoms with E-state index in [0.717, 1.165) is 49.4 Å². The summed E-state index contributed by atoms with van der Waals surface area (Å²) in [5.74, 6) is 0.875. The molecule has 1 aromatic carbocycles. The summed E-state index contributed by atoms with van der Waals surface area (Å²) in [6.07, 6.45) is 3.69. The van der Waals surface area contributed by atoms with Crippen LogP contribution >= 0.6 is 0 Å². The van der Waals surface area contributed by atoms with Gasteiger partial charge in [0.05, 0.1) is 6.61 Å². The molecule has 0 aliphatic carbocycles. The van der Waals surface area contributed by atoms with Gasteiger partial charge in [0.25, 0.3) is 5.91 Å². The Morgan fingerprint density at radius 3 is 2.78 bits per heavy atom. The number of carbonyl (C=O) groups is 1. The van der Waals surface area contributed by atoms with Crippen LogP contribution in [0.25, 0.3) is 10.9 Å². The third-order valence-electron chi connectivity index (χ3n) is 4.92. The van der Waals surface area contributed by atoms with Crippen molar-refractivity contribution in [2.24, 2.45) is 0 Å². The molecule has 2 aromatic heterocycles. The molecule has 3 aromatic rings. The normalized spacial score (nSPS) is 15.2. The zero-order valence-corrected chi connectivity index (χ0v) is 15.5. The third-order valence-corrected chi connectivity index (χ3v) is 4.92. The molecule has 0 bridgehead atoms. The Morgan fingerprint density at radius 2 is 2.04 bits per heavy atom. The largest absolute Gasteiger partial charge is 0.494 e. The van der Waals surface area contributed by atoms with E-state index in [-0.39, 0.29) is 5.91 Å². The molecule has 6 nitrogen and oxygen atoms in total. The predicted octanol–water partition coefficient (Wildman–Crippen LogP) is 2.92. The minimum Gasteiger partial charge on any atom is -0.494 e. The quantitative estimate of drug-likeness (QED) is 0.756. The molecule has 3 heterocycles. The van der Waals surface area contributed by atoms with Crippen LogP contribution in [0.15, 0.2) is 48.8 Å². The van der Waals surface area contributed by atoms with Gasteiger partial charge in [-0.15, -0.1) is 0 Å². The topological polar surface area (TPSA) is 61.5 Å². The van der Waals surface area contributed by atoms with E-state index < -0.39 is 0 Å². The second kappa shape index (κ2) is 7.80. The maximum Gasteiger partial charge on any atom is 0.270 e. The fraction of sp³-hybridized carbons (Fsp3) is 0.333. The molecule has 1 amide bonds. The fourth-order valence-electron chi connectivity index (χ4n) is 3.51. The Morgan fingerprint density at radius 1 is 1.19 bits per heavy atom. The van der Waals surface area contributed by atoms with Gasteiger partial charge in [-0.05, 0) is 36.8 Å². The summed E-state index contributed by atoms with van der Waals surface area (Å²) in [6.45, 7) is 6.67. The van der Waals surface area contributed by atoms with E-state index in [2.05, 4.69) is 20.9 Å². The summed E-state index contributed by atoms with van der Waals surface area (Å²) >= 11 is 0. The molecule has 0 radical (unpaired) electrons. The lowest BCUT2D eigenvalue weighted by molar-refractivity contribution is 0.0623. The number of H-pyrrole nitrogens is 1. The summed E-state index contributed by atoms with van der Waals surface area (Å²) in [7, 11) is 0. The van der Waals surface area contributed by atoms with Crippen molar-refractivity contribution >= 4 is 16.8 Å². The highest BCUT2D eigenvalue weighted by molar-refractivity contribution is 5.98. The lowest BCUT2D eigenvalue weighted by Gasteiger charge is -2.34. The summed E-state index contributed by atoms with van der Waals surface area (Å²) in [6, 6.07) is 11.8. The summed E-state index contributed by atoms with van der Waals surface area (Å²) in [5, 5.41) is 1.03. The second-order valence-corrected chi connectivity index (χ2v) is 6.79. The molecule has 140 valence electrons. The average Bonchev–Trinajstić information content (AvgIpc) is 3.12. The van der Waals surface area contributed by atoms with Crippen molar-refractivity contribution < 1.29 is 9.53 Å². The molecule has 0 unspecified atom stereocenters. The van der Waals surface area contributed by atoms with Gasteiger partial charge in [0.15, 0.2) is 0 Å². The summed E-state index contributed by atoms with van der Waals surface area (Å²) in [4.78, 5) is 24.6. The standard InChI is InChI=1S/C21H24N4O2/c1-2-27-18-6-5-17-12-20(23-19(17)13-18)21(26)25-10-8-24(9-11-25)15-16-4-3-7-22-14-16/h3-7,12-14,23H,2,8-11,15H2,1H3. The Balaban J connectivity index is 1.39. The van der Waals surface area contributed by atoms with E-state index in [1.807, 2.05) is 48.4 Å². The molecule has 1 fully saturated rings. The Kier molecular flexibility index (Phi) is 5.07. The van der Waals surface area contributed by atoms with E-state index in [1.54, 1.807) is 6.20 Å². The van der Waals surface area contributed by atoms with Gasteiger partial charge in [-0.1, -0.05) is 6.07 Å². The van der Waals surface area contributed by atoms with Gasteiger partial charge in [-0.25, -0.2) is 0 Å². The van der Waals surface area contributed by atoms with E-state index >= 15 is 0 Å². The average molecular weight is 364 g/mol. The molecule has 0 spiro atoms. The molecule has 1 saturated heterocycles. The number of aromatic nitrogens is 2. The third kappa shape index (κ3) is 3.95. The number of pyridine rings is 1. The van der Waals surface area contributed by atoms with Gasteiger partial charge >= 0.3 is 0 Å². The van der Waals surface area contributed by atoms with Crippen LogP contribution in [0.1, 0.15) is 23.0 Å². The molecule has 4 rings (SSSR count). The molecule has 0 saturated carbocycles. The van der Waals surface area contributed by atoms with Crippen LogP contribution in [0.5, 0.6) is 5.75 Å². The smallest absolute Gasteiger partial charge is 0.270 e. The first-order valence-electron chi connectivity index (χ1n) is 9.39. The zero-order valence-electron chi connectivity index (χ0n) is 15.5. The first kappa shape index (κ1) is 17.5. The predicted molar refractivity (Wildman–Crippen MR) is 105 cm³/mol. The Hall–Kier alpha value is -2.86. The Bertz CT molecular complexity index is 914. The van der Waals surface area contributed by atoms with Crippen molar-refractivity contribution in [1.82, 2.24) is 19.8 Å². The van der Waals surface area contributed by atoms with Crippen LogP contribution in [0, 0.1) is 0 Å². The first-order valence-corrected chi connectivity index (χ1v) is 9.39. The number of piperazine rings is 1. The first-order chi connectivity index (χ1) is 13.2. The van der Waals surface area contributed by atoms with Gasteiger partial charge in [0.2, 0.25) is 0 Å². The number of amides is 1. The Labute approximate surface area is 158 Å². The summed E-state index contributed by atoms with van der Waals surface area (Å²) < 4.78 is 5.54. The fourth-order valence-corrected chi connectivity index (χ4v) is 3.51. The van der Waals surface area contributed by atoms with Crippen LogP contribution < -0.4 is 4.74 Å². The van der Waals surface area contributed by atoms with Crippen molar-refractivity contribution in [3.63, 3.8) is 0 Å². The highest BCUT2D eigenvalue weighted by Gasteiger charge is 2.23. The number of rotatable bonds is 5. The number of hydrogen-bond acceptors (Lipinski definition) is 4. The van der Waals surface area contributed by atoms with Gasteiger partial charge < -0.3 is 14.6 Å². The minimum absolute atomic E-state index is 0.0604. The van der Waals surface area contributed by atoms with Crippen molar-refractivity contribution in [1.29, 1.82) is 0 Å². The maximum atomic E-state index is 12.9. The number of nitrogens with one attached hydrogen (secondary N) is 1.